The Hall–Kier alpha value is -3.02. The maximum Gasteiger partial charge on any atom is 0.298 e. The molecule has 1 aliphatic heterocycles. The van der Waals surface area contributed by atoms with Gasteiger partial charge in [0.05, 0.1) is 0 Å². The van der Waals surface area contributed by atoms with Gasteiger partial charge in [0, 0.05) is 19.6 Å². The maximum absolute atomic E-state index is 12.1. The van der Waals surface area contributed by atoms with E-state index in [1.807, 2.05) is 55.5 Å². The molecule has 2 heterocycles. The molecule has 1 aromatic heterocycles. The number of aryl methyl sites for hydroxylation is 1. The molecule has 6 nitrogen and oxygen atoms in total. The van der Waals surface area contributed by atoms with Crippen LogP contribution in [0.4, 0.5) is 6.01 Å². The number of fused-ring (bicyclic) bond motifs is 1. The first kappa shape index (κ1) is 18.3. The standard InChI is InChI=1S/C22H25N3O3/c1-16-6-2-4-8-19(16)27-15-21(26)23-14-17-10-12-25(13-11-17)22-24-18-7-3-5-9-20(18)28-22/h2-9,17H,10-15H2,1H3,(H,23,26). The zero-order valence-electron chi connectivity index (χ0n) is 16.1. The van der Waals surface area contributed by atoms with Crippen LogP contribution < -0.4 is 15.0 Å². The minimum absolute atomic E-state index is 0.0482. The number of hydrogen-bond donors (Lipinski definition) is 1. The van der Waals surface area contributed by atoms with Crippen LogP contribution in [0, 0.1) is 12.8 Å². The molecule has 1 fully saturated rings. The number of amides is 1. The van der Waals surface area contributed by atoms with Crippen LogP contribution in [0.2, 0.25) is 0 Å². The topological polar surface area (TPSA) is 67.6 Å². The molecular weight excluding hydrogens is 354 g/mol. The molecule has 1 amide bonds. The van der Waals surface area contributed by atoms with Gasteiger partial charge < -0.3 is 19.4 Å². The number of hydrogen-bond acceptors (Lipinski definition) is 5. The number of ether oxygens (including phenoxy) is 1. The van der Waals surface area contributed by atoms with Crippen molar-refractivity contribution in [3.63, 3.8) is 0 Å². The summed E-state index contributed by atoms with van der Waals surface area (Å²) < 4.78 is 11.5. The Morgan fingerprint density at radius 2 is 1.93 bits per heavy atom. The molecule has 6 heteroatoms. The molecule has 0 atom stereocenters. The number of benzene rings is 2. The van der Waals surface area contributed by atoms with Crippen molar-refractivity contribution in [3.05, 3.63) is 54.1 Å². The van der Waals surface area contributed by atoms with Crippen LogP contribution in [0.15, 0.2) is 52.9 Å². The van der Waals surface area contributed by atoms with Crippen molar-refractivity contribution in [2.45, 2.75) is 19.8 Å². The fraction of sp³-hybridized carbons (Fsp3) is 0.364. The highest BCUT2D eigenvalue weighted by Crippen LogP contribution is 2.26. The lowest BCUT2D eigenvalue weighted by molar-refractivity contribution is -0.123. The molecule has 0 bridgehead atoms. The summed E-state index contributed by atoms with van der Waals surface area (Å²) in [7, 11) is 0. The van der Waals surface area contributed by atoms with Crippen LogP contribution in [0.3, 0.4) is 0 Å². The first-order valence-electron chi connectivity index (χ1n) is 9.74. The third-order valence-corrected chi connectivity index (χ3v) is 5.21. The van der Waals surface area contributed by atoms with Crippen molar-refractivity contribution in [2.75, 3.05) is 31.1 Å². The SMILES string of the molecule is Cc1ccccc1OCC(=O)NCC1CCN(c2nc3ccccc3o2)CC1. The number of nitrogens with one attached hydrogen (secondary N) is 1. The highest BCUT2D eigenvalue weighted by atomic mass is 16.5. The number of piperidine rings is 1. The predicted molar refractivity (Wildman–Crippen MR) is 109 cm³/mol. The Morgan fingerprint density at radius 3 is 2.71 bits per heavy atom. The monoisotopic (exact) mass is 379 g/mol. The summed E-state index contributed by atoms with van der Waals surface area (Å²) in [4.78, 5) is 18.8. The van der Waals surface area contributed by atoms with Crippen LogP contribution in [0.1, 0.15) is 18.4 Å². The number of carbonyl (C=O) groups is 1. The fourth-order valence-corrected chi connectivity index (χ4v) is 3.49. The van der Waals surface area contributed by atoms with E-state index < -0.39 is 0 Å². The van der Waals surface area contributed by atoms with E-state index in [9.17, 15) is 4.79 Å². The normalized spacial score (nSPS) is 15.0. The Bertz CT molecular complexity index is 912. The van der Waals surface area contributed by atoms with Gasteiger partial charge in [-0.3, -0.25) is 4.79 Å². The molecule has 0 aliphatic carbocycles. The highest BCUT2D eigenvalue weighted by Gasteiger charge is 2.23. The van der Waals surface area contributed by atoms with Gasteiger partial charge in [0.25, 0.3) is 11.9 Å². The van der Waals surface area contributed by atoms with Crippen molar-refractivity contribution in [3.8, 4) is 5.75 Å². The summed E-state index contributed by atoms with van der Waals surface area (Å²) in [6, 6.07) is 16.2. The van der Waals surface area contributed by atoms with Gasteiger partial charge in [0.2, 0.25) is 0 Å². The first-order chi connectivity index (χ1) is 13.7. The molecule has 0 saturated carbocycles. The number of carbonyl (C=O) groups excluding carboxylic acids is 1. The van der Waals surface area contributed by atoms with Gasteiger partial charge in [-0.1, -0.05) is 30.3 Å². The van der Waals surface area contributed by atoms with Gasteiger partial charge in [-0.25, -0.2) is 0 Å². The van der Waals surface area contributed by atoms with Gasteiger partial charge in [-0.15, -0.1) is 0 Å². The Labute approximate surface area is 164 Å². The van der Waals surface area contributed by atoms with Gasteiger partial charge in [-0.2, -0.15) is 4.98 Å². The van der Waals surface area contributed by atoms with Crippen LogP contribution in [0.5, 0.6) is 5.75 Å². The van der Waals surface area contributed by atoms with E-state index in [-0.39, 0.29) is 12.5 Å². The largest absolute Gasteiger partial charge is 0.484 e. The van der Waals surface area contributed by atoms with E-state index in [2.05, 4.69) is 15.2 Å². The molecule has 4 rings (SSSR count). The third-order valence-electron chi connectivity index (χ3n) is 5.21. The van der Waals surface area contributed by atoms with Gasteiger partial charge >= 0.3 is 0 Å². The average Bonchev–Trinajstić information content (AvgIpc) is 3.16. The van der Waals surface area contributed by atoms with Crippen molar-refractivity contribution >= 4 is 23.0 Å². The molecule has 1 saturated heterocycles. The summed E-state index contributed by atoms with van der Waals surface area (Å²) in [5.74, 6) is 1.14. The van der Waals surface area contributed by atoms with E-state index in [1.165, 1.54) is 0 Å². The second-order valence-electron chi connectivity index (χ2n) is 7.25. The fourth-order valence-electron chi connectivity index (χ4n) is 3.49. The molecule has 0 unspecified atom stereocenters. The molecule has 0 spiro atoms. The third kappa shape index (κ3) is 4.27. The Balaban J connectivity index is 1.21. The molecule has 146 valence electrons. The number of anilines is 1. The van der Waals surface area contributed by atoms with Gasteiger partial charge in [-0.05, 0) is 49.4 Å². The number of para-hydroxylation sites is 3. The van der Waals surface area contributed by atoms with Crippen LogP contribution in [-0.2, 0) is 4.79 Å². The summed E-state index contributed by atoms with van der Waals surface area (Å²) >= 11 is 0. The second kappa shape index (κ2) is 8.33. The summed E-state index contributed by atoms with van der Waals surface area (Å²) in [5.41, 5.74) is 2.74. The predicted octanol–water partition coefficient (Wildman–Crippen LogP) is 3.55. The number of rotatable bonds is 6. The van der Waals surface area contributed by atoms with Crippen LogP contribution in [0.25, 0.3) is 11.1 Å². The van der Waals surface area contributed by atoms with Crippen molar-refractivity contribution in [1.82, 2.24) is 10.3 Å². The zero-order chi connectivity index (χ0) is 19.3. The summed E-state index contributed by atoms with van der Waals surface area (Å²) in [6.07, 6.45) is 2.00. The van der Waals surface area contributed by atoms with Gasteiger partial charge in [0.1, 0.15) is 11.3 Å². The minimum Gasteiger partial charge on any atom is -0.484 e. The minimum atomic E-state index is -0.0790. The summed E-state index contributed by atoms with van der Waals surface area (Å²) in [5, 5.41) is 3.00. The van der Waals surface area contributed by atoms with Crippen LogP contribution >= 0.6 is 0 Å². The Morgan fingerprint density at radius 1 is 1.18 bits per heavy atom. The quantitative estimate of drug-likeness (QED) is 0.709. The van der Waals surface area contributed by atoms with Crippen molar-refractivity contribution in [1.29, 1.82) is 0 Å². The van der Waals surface area contributed by atoms with E-state index in [4.69, 9.17) is 9.15 Å². The lowest BCUT2D eigenvalue weighted by atomic mass is 9.97. The van der Waals surface area contributed by atoms with Gasteiger partial charge in [0.15, 0.2) is 12.2 Å². The van der Waals surface area contributed by atoms with E-state index >= 15 is 0 Å². The number of aromatic nitrogens is 1. The Kier molecular flexibility index (Phi) is 5.46. The second-order valence-corrected chi connectivity index (χ2v) is 7.25. The molecule has 1 aliphatic rings. The van der Waals surface area contributed by atoms with Crippen LogP contribution in [-0.4, -0.2) is 37.1 Å². The lowest BCUT2D eigenvalue weighted by Crippen LogP contribution is -2.39. The molecule has 3 aromatic rings. The van der Waals surface area contributed by atoms with E-state index in [0.717, 1.165) is 48.3 Å². The molecule has 1 N–H and O–H groups in total. The average molecular weight is 379 g/mol. The van der Waals surface area contributed by atoms with Crippen molar-refractivity contribution < 1.29 is 13.9 Å². The number of nitrogens with zero attached hydrogens (tertiary/aromatic N) is 2. The first-order valence-corrected chi connectivity index (χ1v) is 9.74. The smallest absolute Gasteiger partial charge is 0.298 e. The summed E-state index contributed by atoms with van der Waals surface area (Å²) in [6.45, 7) is 4.46. The molecular formula is C22H25N3O3. The molecule has 2 aromatic carbocycles. The highest BCUT2D eigenvalue weighted by molar-refractivity contribution is 5.77. The molecule has 0 radical (unpaired) electrons. The van der Waals surface area contributed by atoms with Crippen molar-refractivity contribution in [2.24, 2.45) is 5.92 Å². The lowest BCUT2D eigenvalue weighted by Gasteiger charge is -2.30. The molecule has 28 heavy (non-hydrogen) atoms. The van der Waals surface area contributed by atoms with E-state index in [1.54, 1.807) is 0 Å². The number of oxazole rings is 1. The maximum atomic E-state index is 12.1. The van der Waals surface area contributed by atoms with E-state index in [0.29, 0.717) is 18.5 Å². The zero-order valence-corrected chi connectivity index (χ0v) is 16.1.